The van der Waals surface area contributed by atoms with Gasteiger partial charge in [0.2, 0.25) is 0 Å². The van der Waals surface area contributed by atoms with E-state index in [1.54, 1.807) is 4.57 Å². The molecule has 1 rings (SSSR count). The first kappa shape index (κ1) is 9.99. The van der Waals surface area contributed by atoms with Crippen molar-refractivity contribution in [2.24, 2.45) is 0 Å². The van der Waals surface area contributed by atoms with Crippen LogP contribution in [0.1, 0.15) is 18.2 Å². The van der Waals surface area contributed by atoms with Gasteiger partial charge in [0.05, 0.1) is 0 Å². The molecule has 0 aliphatic rings. The molecule has 1 aromatic heterocycles. The molecule has 0 N–H and O–H groups in total. The first-order valence-electron chi connectivity index (χ1n) is 4.41. The highest BCUT2D eigenvalue weighted by molar-refractivity contribution is 5.13. The van der Waals surface area contributed by atoms with Crippen LogP contribution < -0.4 is 5.56 Å². The van der Waals surface area contributed by atoms with Crippen LogP contribution in [0, 0.1) is 13.8 Å². The van der Waals surface area contributed by atoms with Crippen LogP contribution in [0.4, 0.5) is 0 Å². The van der Waals surface area contributed by atoms with Crippen LogP contribution >= 0.6 is 0 Å². The Hall–Kier alpha value is -1.09. The van der Waals surface area contributed by atoms with Crippen molar-refractivity contribution >= 4 is 0 Å². The van der Waals surface area contributed by atoms with E-state index in [0.29, 0.717) is 13.3 Å². The van der Waals surface area contributed by atoms with E-state index >= 15 is 0 Å². The number of pyridine rings is 1. The Balaban J connectivity index is 3.03. The second-order valence-electron chi connectivity index (χ2n) is 3.01. The zero-order valence-electron chi connectivity index (χ0n) is 8.33. The van der Waals surface area contributed by atoms with E-state index in [-0.39, 0.29) is 5.56 Å². The molecule has 3 heteroatoms. The Bertz CT molecular complexity index is 341. The summed E-state index contributed by atoms with van der Waals surface area (Å²) in [6.45, 7) is 6.60. The van der Waals surface area contributed by atoms with Gasteiger partial charge in [-0.05, 0) is 26.8 Å². The van der Waals surface area contributed by atoms with Crippen molar-refractivity contribution in [3.63, 3.8) is 0 Å². The normalized spacial score (nSPS) is 10.4. The summed E-state index contributed by atoms with van der Waals surface area (Å²) in [7, 11) is 0. The Labute approximate surface area is 78.0 Å². The van der Waals surface area contributed by atoms with Gasteiger partial charge in [0.25, 0.3) is 5.56 Å². The molecule has 1 aromatic rings. The summed E-state index contributed by atoms with van der Waals surface area (Å²) in [5, 5.41) is 0. The third-order valence-corrected chi connectivity index (χ3v) is 2.01. The van der Waals surface area contributed by atoms with E-state index in [0.717, 1.165) is 11.3 Å². The second kappa shape index (κ2) is 4.23. The topological polar surface area (TPSA) is 31.2 Å². The monoisotopic (exact) mass is 181 g/mol. The van der Waals surface area contributed by atoms with Gasteiger partial charge in [0.1, 0.15) is 6.73 Å². The van der Waals surface area contributed by atoms with Crippen molar-refractivity contribution in [1.29, 1.82) is 0 Å². The fourth-order valence-electron chi connectivity index (χ4n) is 1.12. The minimum absolute atomic E-state index is 0.0356. The summed E-state index contributed by atoms with van der Waals surface area (Å²) < 4.78 is 6.84. The fourth-order valence-corrected chi connectivity index (χ4v) is 1.12. The van der Waals surface area contributed by atoms with Gasteiger partial charge in [-0.2, -0.15) is 0 Å². The maximum absolute atomic E-state index is 11.6. The Morgan fingerprint density at radius 1 is 1.38 bits per heavy atom. The van der Waals surface area contributed by atoms with E-state index in [1.165, 1.54) is 0 Å². The van der Waals surface area contributed by atoms with E-state index in [9.17, 15) is 4.79 Å². The molecule has 0 aromatic carbocycles. The molecule has 0 aliphatic carbocycles. The number of hydrogen-bond acceptors (Lipinski definition) is 2. The third kappa shape index (κ3) is 2.18. The lowest BCUT2D eigenvalue weighted by Gasteiger charge is -2.09. The molecule has 0 amide bonds. The van der Waals surface area contributed by atoms with Gasteiger partial charge in [-0.1, -0.05) is 6.07 Å². The number of rotatable bonds is 3. The first-order valence-corrected chi connectivity index (χ1v) is 4.41. The predicted octanol–water partition coefficient (Wildman–Crippen LogP) is 1.46. The summed E-state index contributed by atoms with van der Waals surface area (Å²) in [6, 6.07) is 3.76. The zero-order chi connectivity index (χ0) is 9.84. The standard InChI is InChI=1S/C10H15NO2/c1-4-13-7-11-9(3)6-5-8(2)10(11)12/h5-6H,4,7H2,1-3H3. The molecule has 0 bridgehead atoms. The number of aromatic nitrogens is 1. The predicted molar refractivity (Wildman–Crippen MR) is 51.8 cm³/mol. The van der Waals surface area contributed by atoms with Crippen LogP contribution in [0.2, 0.25) is 0 Å². The van der Waals surface area contributed by atoms with Gasteiger partial charge in [-0.3, -0.25) is 9.36 Å². The average Bonchev–Trinajstić information content (AvgIpc) is 2.12. The smallest absolute Gasteiger partial charge is 0.255 e. The maximum Gasteiger partial charge on any atom is 0.255 e. The van der Waals surface area contributed by atoms with Gasteiger partial charge >= 0.3 is 0 Å². The summed E-state index contributed by atoms with van der Waals surface area (Å²) in [4.78, 5) is 11.6. The van der Waals surface area contributed by atoms with E-state index in [1.807, 2.05) is 32.9 Å². The minimum Gasteiger partial charge on any atom is -0.361 e. The van der Waals surface area contributed by atoms with Crippen molar-refractivity contribution in [3.05, 3.63) is 33.7 Å². The summed E-state index contributed by atoms with van der Waals surface area (Å²) in [5.74, 6) is 0. The van der Waals surface area contributed by atoms with Gasteiger partial charge < -0.3 is 4.74 Å². The van der Waals surface area contributed by atoms with Gasteiger partial charge in [0.15, 0.2) is 0 Å². The quantitative estimate of drug-likeness (QED) is 0.707. The van der Waals surface area contributed by atoms with Crippen LogP contribution in [0.5, 0.6) is 0 Å². The molecule has 72 valence electrons. The average molecular weight is 181 g/mol. The molecule has 0 atom stereocenters. The highest BCUT2D eigenvalue weighted by Gasteiger charge is 2.01. The lowest BCUT2D eigenvalue weighted by atomic mass is 10.3. The van der Waals surface area contributed by atoms with Gasteiger partial charge in [-0.25, -0.2) is 0 Å². The first-order chi connectivity index (χ1) is 6.16. The molecular formula is C10H15NO2. The van der Waals surface area contributed by atoms with E-state index < -0.39 is 0 Å². The number of hydrogen-bond donors (Lipinski definition) is 0. The molecule has 3 nitrogen and oxygen atoms in total. The molecule has 0 fully saturated rings. The maximum atomic E-state index is 11.6. The molecular weight excluding hydrogens is 166 g/mol. The number of aryl methyl sites for hydroxylation is 2. The molecule has 0 unspecified atom stereocenters. The van der Waals surface area contributed by atoms with Crippen molar-refractivity contribution in [1.82, 2.24) is 4.57 Å². The Kier molecular flexibility index (Phi) is 3.25. The molecule has 0 spiro atoms. The Morgan fingerprint density at radius 3 is 2.69 bits per heavy atom. The van der Waals surface area contributed by atoms with E-state index in [4.69, 9.17) is 4.74 Å². The van der Waals surface area contributed by atoms with Crippen LogP contribution in [0.3, 0.4) is 0 Å². The van der Waals surface area contributed by atoms with Crippen molar-refractivity contribution in [2.75, 3.05) is 6.61 Å². The SMILES string of the molecule is CCOCn1c(C)ccc(C)c1=O. The third-order valence-electron chi connectivity index (χ3n) is 2.01. The van der Waals surface area contributed by atoms with Crippen molar-refractivity contribution in [3.8, 4) is 0 Å². The molecule has 1 heterocycles. The lowest BCUT2D eigenvalue weighted by Crippen LogP contribution is -2.25. The van der Waals surface area contributed by atoms with Gasteiger partial charge in [0, 0.05) is 17.9 Å². The van der Waals surface area contributed by atoms with Crippen molar-refractivity contribution in [2.45, 2.75) is 27.5 Å². The molecule has 13 heavy (non-hydrogen) atoms. The minimum atomic E-state index is 0.0356. The fraction of sp³-hybridized carbons (Fsp3) is 0.500. The largest absolute Gasteiger partial charge is 0.361 e. The second-order valence-corrected chi connectivity index (χ2v) is 3.01. The number of ether oxygens (including phenoxy) is 1. The highest BCUT2D eigenvalue weighted by atomic mass is 16.5. The highest BCUT2D eigenvalue weighted by Crippen LogP contribution is 1.97. The molecule has 0 aliphatic heterocycles. The summed E-state index contributed by atoms with van der Waals surface area (Å²) >= 11 is 0. The number of nitrogens with zero attached hydrogens (tertiary/aromatic N) is 1. The van der Waals surface area contributed by atoms with Crippen LogP contribution in [-0.2, 0) is 11.5 Å². The summed E-state index contributed by atoms with van der Waals surface area (Å²) in [6.07, 6.45) is 0. The molecule has 0 radical (unpaired) electrons. The molecule has 0 saturated carbocycles. The lowest BCUT2D eigenvalue weighted by molar-refractivity contribution is 0.0838. The molecule has 0 saturated heterocycles. The summed E-state index contributed by atoms with van der Waals surface area (Å²) in [5.41, 5.74) is 1.72. The zero-order valence-corrected chi connectivity index (χ0v) is 8.33. The van der Waals surface area contributed by atoms with Crippen molar-refractivity contribution < 1.29 is 4.74 Å². The van der Waals surface area contributed by atoms with Crippen LogP contribution in [-0.4, -0.2) is 11.2 Å². The van der Waals surface area contributed by atoms with E-state index in [2.05, 4.69) is 0 Å². The Morgan fingerprint density at radius 2 is 2.08 bits per heavy atom. The van der Waals surface area contributed by atoms with Gasteiger partial charge in [-0.15, -0.1) is 0 Å². The van der Waals surface area contributed by atoms with Crippen LogP contribution in [0.15, 0.2) is 16.9 Å². The van der Waals surface area contributed by atoms with Crippen LogP contribution in [0.25, 0.3) is 0 Å².